The van der Waals surface area contributed by atoms with Gasteiger partial charge < -0.3 is 19.9 Å². The van der Waals surface area contributed by atoms with Gasteiger partial charge >= 0.3 is 0 Å². The van der Waals surface area contributed by atoms with Gasteiger partial charge in [-0.3, -0.25) is 14.6 Å². The van der Waals surface area contributed by atoms with Crippen LogP contribution in [0.15, 0.2) is 54.9 Å². The summed E-state index contributed by atoms with van der Waals surface area (Å²) in [4.78, 5) is 34.3. The number of ether oxygens (including phenoxy) is 1. The maximum absolute atomic E-state index is 13.0. The van der Waals surface area contributed by atoms with E-state index in [1.54, 1.807) is 24.5 Å². The number of benzene rings is 1. The minimum atomic E-state index is -0.134. The summed E-state index contributed by atoms with van der Waals surface area (Å²) in [6, 6.07) is 13.3. The molecule has 29 heavy (non-hydrogen) atoms. The van der Waals surface area contributed by atoms with Crippen molar-refractivity contribution in [2.45, 2.75) is 6.10 Å². The lowest BCUT2D eigenvalue weighted by Crippen LogP contribution is -2.35. The molecule has 148 valence electrons. The van der Waals surface area contributed by atoms with Crippen molar-refractivity contribution in [3.8, 4) is 0 Å². The number of pyridine rings is 1. The van der Waals surface area contributed by atoms with Gasteiger partial charge in [-0.25, -0.2) is 0 Å². The number of aromatic amines is 1. The van der Waals surface area contributed by atoms with Gasteiger partial charge in [0.1, 0.15) is 5.69 Å². The summed E-state index contributed by atoms with van der Waals surface area (Å²) in [5, 5.41) is 4.01. The average Bonchev–Trinajstić information content (AvgIpc) is 3.46. The first-order valence-electron chi connectivity index (χ1n) is 9.86. The van der Waals surface area contributed by atoms with Gasteiger partial charge in [0.15, 0.2) is 0 Å². The number of amides is 2. The van der Waals surface area contributed by atoms with Crippen LogP contribution < -0.4 is 5.32 Å². The van der Waals surface area contributed by atoms with E-state index >= 15 is 0 Å². The van der Waals surface area contributed by atoms with Gasteiger partial charge in [-0.15, -0.1) is 0 Å². The highest BCUT2D eigenvalue weighted by Crippen LogP contribution is 2.34. The smallest absolute Gasteiger partial charge is 0.270 e. The van der Waals surface area contributed by atoms with Crippen LogP contribution in [0.1, 0.15) is 20.8 Å². The molecule has 3 aromatic rings. The Morgan fingerprint density at radius 1 is 1.21 bits per heavy atom. The SMILES string of the molecule is O=C(NC[C@@H]1CO[C@@H]2CN(C(=O)c3cc4ccccc4[nH]3)C[C@H]12)c1cccnc1. The molecule has 0 aliphatic carbocycles. The third-order valence-corrected chi connectivity index (χ3v) is 5.94. The Bertz CT molecular complexity index is 1020. The number of nitrogens with one attached hydrogen (secondary N) is 2. The third-order valence-electron chi connectivity index (χ3n) is 5.94. The second-order valence-corrected chi connectivity index (χ2v) is 7.73. The second kappa shape index (κ2) is 7.33. The zero-order valence-corrected chi connectivity index (χ0v) is 15.9. The molecule has 3 atom stereocenters. The normalized spacial score (nSPS) is 23.3. The zero-order chi connectivity index (χ0) is 19.8. The largest absolute Gasteiger partial charge is 0.376 e. The number of hydrogen-bond acceptors (Lipinski definition) is 4. The van der Waals surface area contributed by atoms with Crippen LogP contribution in [0.4, 0.5) is 0 Å². The quantitative estimate of drug-likeness (QED) is 0.714. The Balaban J connectivity index is 1.22. The Labute approximate surface area is 168 Å². The van der Waals surface area contributed by atoms with Crippen molar-refractivity contribution in [3.63, 3.8) is 0 Å². The maximum Gasteiger partial charge on any atom is 0.270 e. The fourth-order valence-electron chi connectivity index (χ4n) is 4.36. The first-order chi connectivity index (χ1) is 14.2. The van der Waals surface area contributed by atoms with Gasteiger partial charge in [-0.05, 0) is 24.3 Å². The topological polar surface area (TPSA) is 87.3 Å². The Kier molecular flexibility index (Phi) is 4.52. The molecule has 0 spiro atoms. The molecule has 5 rings (SSSR count). The summed E-state index contributed by atoms with van der Waals surface area (Å²) in [7, 11) is 0. The number of H-pyrrole nitrogens is 1. The van der Waals surface area contributed by atoms with Crippen LogP contribution in [0.25, 0.3) is 10.9 Å². The van der Waals surface area contributed by atoms with E-state index in [1.807, 2.05) is 35.2 Å². The van der Waals surface area contributed by atoms with Gasteiger partial charge in [0.25, 0.3) is 11.8 Å². The molecule has 0 unspecified atom stereocenters. The molecule has 1 aromatic carbocycles. The highest BCUT2D eigenvalue weighted by molar-refractivity contribution is 5.98. The van der Waals surface area contributed by atoms with Crippen LogP contribution in [0.5, 0.6) is 0 Å². The molecule has 0 bridgehead atoms. The lowest BCUT2D eigenvalue weighted by atomic mass is 9.93. The summed E-state index contributed by atoms with van der Waals surface area (Å²) in [5.41, 5.74) is 2.11. The maximum atomic E-state index is 13.0. The highest BCUT2D eigenvalue weighted by atomic mass is 16.5. The fraction of sp³-hybridized carbons (Fsp3) is 0.318. The van der Waals surface area contributed by atoms with Gasteiger partial charge in [-0.1, -0.05) is 18.2 Å². The van der Waals surface area contributed by atoms with Crippen molar-refractivity contribution in [2.24, 2.45) is 11.8 Å². The molecule has 2 fully saturated rings. The summed E-state index contributed by atoms with van der Waals surface area (Å²) < 4.78 is 5.93. The summed E-state index contributed by atoms with van der Waals surface area (Å²) >= 11 is 0. The lowest BCUT2D eigenvalue weighted by molar-refractivity contribution is 0.0671. The molecule has 0 saturated carbocycles. The Morgan fingerprint density at radius 2 is 2.10 bits per heavy atom. The molecule has 2 aliphatic rings. The zero-order valence-electron chi connectivity index (χ0n) is 15.9. The predicted molar refractivity (Wildman–Crippen MR) is 107 cm³/mol. The molecule has 2 N–H and O–H groups in total. The Morgan fingerprint density at radius 3 is 2.93 bits per heavy atom. The van der Waals surface area contributed by atoms with Crippen molar-refractivity contribution >= 4 is 22.7 Å². The minimum Gasteiger partial charge on any atom is -0.376 e. The molecule has 2 aliphatic heterocycles. The summed E-state index contributed by atoms with van der Waals surface area (Å²) in [6.45, 7) is 2.37. The lowest BCUT2D eigenvalue weighted by Gasteiger charge is -2.19. The molecule has 2 amide bonds. The summed E-state index contributed by atoms with van der Waals surface area (Å²) in [6.07, 6.45) is 3.23. The van der Waals surface area contributed by atoms with Crippen molar-refractivity contribution in [1.82, 2.24) is 20.2 Å². The number of aromatic nitrogens is 2. The number of hydrogen-bond donors (Lipinski definition) is 2. The number of carbonyl (C=O) groups excluding carboxylic acids is 2. The van der Waals surface area contributed by atoms with E-state index in [0.29, 0.717) is 37.5 Å². The number of rotatable bonds is 4. The number of fused-ring (bicyclic) bond motifs is 2. The molecule has 7 nitrogen and oxygen atoms in total. The molecule has 7 heteroatoms. The van der Waals surface area contributed by atoms with E-state index in [1.165, 1.54) is 0 Å². The molecule has 0 radical (unpaired) electrons. The van der Waals surface area contributed by atoms with Crippen molar-refractivity contribution in [3.05, 3.63) is 66.1 Å². The molecular weight excluding hydrogens is 368 g/mol. The van der Waals surface area contributed by atoms with Crippen LogP contribution in [-0.2, 0) is 4.74 Å². The Hall–Kier alpha value is -3.19. The predicted octanol–water partition coefficient (Wildman–Crippen LogP) is 2.08. The van der Waals surface area contributed by atoms with Gasteiger partial charge in [0.05, 0.1) is 18.3 Å². The minimum absolute atomic E-state index is 0.00246. The van der Waals surface area contributed by atoms with Crippen molar-refractivity contribution in [2.75, 3.05) is 26.2 Å². The van der Waals surface area contributed by atoms with Gasteiger partial charge in [0.2, 0.25) is 0 Å². The van der Waals surface area contributed by atoms with Crippen LogP contribution in [-0.4, -0.2) is 59.0 Å². The average molecular weight is 390 g/mol. The third kappa shape index (κ3) is 3.38. The standard InChI is InChI=1S/C22H22N4O3/c27-21(15-5-3-7-23-9-15)24-10-16-13-29-20-12-26(11-17(16)20)22(28)19-8-14-4-1-2-6-18(14)25-19/h1-9,16-17,20,25H,10-13H2,(H,24,27)/t16-,17-,20-/m1/s1. The van der Waals surface area contributed by atoms with E-state index in [-0.39, 0.29) is 29.8 Å². The first-order valence-corrected chi connectivity index (χ1v) is 9.86. The van der Waals surface area contributed by atoms with E-state index in [4.69, 9.17) is 4.74 Å². The van der Waals surface area contributed by atoms with Crippen molar-refractivity contribution in [1.29, 1.82) is 0 Å². The first kappa shape index (κ1) is 17.9. The van der Waals surface area contributed by atoms with Gasteiger partial charge in [-0.2, -0.15) is 0 Å². The van der Waals surface area contributed by atoms with Crippen LogP contribution in [0, 0.1) is 11.8 Å². The molecule has 2 saturated heterocycles. The van der Waals surface area contributed by atoms with E-state index in [2.05, 4.69) is 15.3 Å². The summed E-state index contributed by atoms with van der Waals surface area (Å²) in [5.74, 6) is 0.293. The number of likely N-dealkylation sites (tertiary alicyclic amines) is 1. The van der Waals surface area contributed by atoms with Crippen molar-refractivity contribution < 1.29 is 14.3 Å². The fourth-order valence-corrected chi connectivity index (χ4v) is 4.36. The molecular formula is C22H22N4O3. The molecule has 2 aromatic heterocycles. The highest BCUT2D eigenvalue weighted by Gasteiger charge is 2.45. The van der Waals surface area contributed by atoms with E-state index in [9.17, 15) is 9.59 Å². The number of para-hydroxylation sites is 1. The van der Waals surface area contributed by atoms with E-state index in [0.717, 1.165) is 10.9 Å². The molecule has 4 heterocycles. The van der Waals surface area contributed by atoms with Crippen LogP contribution in [0.2, 0.25) is 0 Å². The monoisotopic (exact) mass is 390 g/mol. The van der Waals surface area contributed by atoms with Gasteiger partial charge in [0, 0.05) is 54.8 Å². The van der Waals surface area contributed by atoms with Crippen LogP contribution >= 0.6 is 0 Å². The number of nitrogens with zero attached hydrogens (tertiary/aromatic N) is 2. The number of carbonyl (C=O) groups is 2. The van der Waals surface area contributed by atoms with Crippen LogP contribution in [0.3, 0.4) is 0 Å². The van der Waals surface area contributed by atoms with E-state index < -0.39 is 0 Å². The second-order valence-electron chi connectivity index (χ2n) is 7.73.